The number of methoxy groups -OCH3 is 1. The van der Waals surface area contributed by atoms with Crippen molar-refractivity contribution in [3.63, 3.8) is 0 Å². The number of ether oxygens (including phenoxy) is 1. The van der Waals surface area contributed by atoms with Crippen molar-refractivity contribution in [2.75, 3.05) is 30.8 Å². The maximum Gasteiger partial charge on any atom is 0.228 e. The van der Waals surface area contributed by atoms with Gasteiger partial charge in [0, 0.05) is 25.1 Å². The molecule has 0 spiro atoms. The molecule has 1 unspecified atom stereocenters. The predicted molar refractivity (Wildman–Crippen MR) is 83.6 cm³/mol. The van der Waals surface area contributed by atoms with E-state index in [9.17, 15) is 9.59 Å². The van der Waals surface area contributed by atoms with Gasteiger partial charge >= 0.3 is 0 Å². The Balaban J connectivity index is 2.84. The lowest BCUT2D eigenvalue weighted by Crippen LogP contribution is -2.30. The number of hydrogen-bond donors (Lipinski definition) is 3. The van der Waals surface area contributed by atoms with E-state index in [0.717, 1.165) is 6.54 Å². The average molecular weight is 293 g/mol. The van der Waals surface area contributed by atoms with Gasteiger partial charge in [-0.15, -0.1) is 0 Å². The topological polar surface area (TPSA) is 79.5 Å². The van der Waals surface area contributed by atoms with E-state index >= 15 is 0 Å². The lowest BCUT2D eigenvalue weighted by molar-refractivity contribution is -0.119. The van der Waals surface area contributed by atoms with Crippen LogP contribution < -0.4 is 20.7 Å². The first-order valence-electron chi connectivity index (χ1n) is 6.95. The summed E-state index contributed by atoms with van der Waals surface area (Å²) in [5.74, 6) is 0.111. The third kappa shape index (κ3) is 5.43. The number of rotatable bonds is 7. The zero-order chi connectivity index (χ0) is 15.8. The normalized spacial score (nSPS) is 11.6. The van der Waals surface area contributed by atoms with E-state index in [2.05, 4.69) is 16.0 Å². The summed E-state index contributed by atoms with van der Waals surface area (Å²) < 4.78 is 5.22. The summed E-state index contributed by atoms with van der Waals surface area (Å²) in [7, 11) is 1.53. The van der Waals surface area contributed by atoms with Crippen molar-refractivity contribution >= 4 is 23.2 Å². The molecule has 0 bridgehead atoms. The minimum absolute atomic E-state index is 0.103. The molecule has 116 valence electrons. The third-order valence-corrected chi connectivity index (χ3v) is 2.93. The van der Waals surface area contributed by atoms with Gasteiger partial charge in [-0.2, -0.15) is 0 Å². The maximum atomic E-state index is 12.1. The van der Waals surface area contributed by atoms with E-state index in [1.807, 2.05) is 13.8 Å². The Morgan fingerprint density at radius 3 is 2.57 bits per heavy atom. The summed E-state index contributed by atoms with van der Waals surface area (Å²) in [6.45, 7) is 6.70. The summed E-state index contributed by atoms with van der Waals surface area (Å²) in [5.41, 5.74) is 1.15. The van der Waals surface area contributed by atoms with Crippen molar-refractivity contribution in [3.05, 3.63) is 18.2 Å². The second kappa shape index (κ2) is 8.26. The molecule has 1 aromatic rings. The Labute approximate surface area is 125 Å². The van der Waals surface area contributed by atoms with Crippen molar-refractivity contribution in [1.29, 1.82) is 0 Å². The Kier molecular flexibility index (Phi) is 6.68. The molecule has 0 aliphatic heterocycles. The number of hydrogen-bond acceptors (Lipinski definition) is 4. The number of anilines is 2. The smallest absolute Gasteiger partial charge is 0.228 e. The molecule has 1 atom stereocenters. The SMILES string of the molecule is CCNCC(C)C(=O)Nc1cc(NC(C)=O)ccc1OC. The van der Waals surface area contributed by atoms with Crippen LogP contribution in [0.25, 0.3) is 0 Å². The van der Waals surface area contributed by atoms with Gasteiger partial charge in [-0.3, -0.25) is 9.59 Å². The van der Waals surface area contributed by atoms with E-state index in [1.165, 1.54) is 14.0 Å². The first-order valence-corrected chi connectivity index (χ1v) is 6.95. The summed E-state index contributed by atoms with van der Waals surface area (Å²) in [6.07, 6.45) is 0. The molecule has 6 nitrogen and oxygen atoms in total. The highest BCUT2D eigenvalue weighted by Gasteiger charge is 2.15. The largest absolute Gasteiger partial charge is 0.495 e. The molecule has 21 heavy (non-hydrogen) atoms. The van der Waals surface area contributed by atoms with Gasteiger partial charge in [0.05, 0.1) is 12.8 Å². The number of nitrogens with one attached hydrogen (secondary N) is 3. The van der Waals surface area contributed by atoms with Crippen LogP contribution in [0, 0.1) is 5.92 Å². The second-order valence-corrected chi connectivity index (χ2v) is 4.79. The van der Waals surface area contributed by atoms with Gasteiger partial charge in [-0.25, -0.2) is 0 Å². The molecule has 0 saturated heterocycles. The zero-order valence-electron chi connectivity index (χ0n) is 12.9. The summed E-state index contributed by atoms with van der Waals surface area (Å²) >= 11 is 0. The van der Waals surface area contributed by atoms with Gasteiger partial charge in [0.2, 0.25) is 11.8 Å². The van der Waals surface area contributed by atoms with E-state index in [1.54, 1.807) is 18.2 Å². The standard InChI is InChI=1S/C15H23N3O3/c1-5-16-9-10(2)15(20)18-13-8-12(17-11(3)19)6-7-14(13)21-4/h6-8,10,16H,5,9H2,1-4H3,(H,17,19)(H,18,20). The van der Waals surface area contributed by atoms with Crippen LogP contribution in [-0.2, 0) is 9.59 Å². The predicted octanol–water partition coefficient (Wildman–Crippen LogP) is 1.84. The minimum atomic E-state index is -0.169. The van der Waals surface area contributed by atoms with Crippen LogP contribution in [0.1, 0.15) is 20.8 Å². The van der Waals surface area contributed by atoms with Crippen molar-refractivity contribution < 1.29 is 14.3 Å². The molecule has 0 aliphatic rings. The number of benzene rings is 1. The number of carbonyl (C=O) groups excluding carboxylic acids is 2. The molecule has 1 rings (SSSR count). The Morgan fingerprint density at radius 1 is 1.29 bits per heavy atom. The van der Waals surface area contributed by atoms with Crippen LogP contribution in [0.3, 0.4) is 0 Å². The van der Waals surface area contributed by atoms with Crippen LogP contribution in [0.15, 0.2) is 18.2 Å². The molecule has 6 heteroatoms. The molecule has 0 radical (unpaired) electrons. The van der Waals surface area contributed by atoms with E-state index in [4.69, 9.17) is 4.74 Å². The molecular formula is C15H23N3O3. The highest BCUT2D eigenvalue weighted by atomic mass is 16.5. The van der Waals surface area contributed by atoms with Gasteiger partial charge in [0.15, 0.2) is 0 Å². The van der Waals surface area contributed by atoms with Gasteiger partial charge in [0.1, 0.15) is 5.75 Å². The Morgan fingerprint density at radius 2 is 2.00 bits per heavy atom. The second-order valence-electron chi connectivity index (χ2n) is 4.79. The minimum Gasteiger partial charge on any atom is -0.495 e. The summed E-state index contributed by atoms with van der Waals surface area (Å²) in [6, 6.07) is 5.10. The van der Waals surface area contributed by atoms with Gasteiger partial charge in [0.25, 0.3) is 0 Å². The first kappa shape index (κ1) is 17.0. The van der Waals surface area contributed by atoms with E-state index in [0.29, 0.717) is 23.7 Å². The molecular weight excluding hydrogens is 270 g/mol. The van der Waals surface area contributed by atoms with Gasteiger partial charge in [-0.1, -0.05) is 13.8 Å². The van der Waals surface area contributed by atoms with Gasteiger partial charge in [-0.05, 0) is 24.7 Å². The van der Waals surface area contributed by atoms with Crippen LogP contribution >= 0.6 is 0 Å². The van der Waals surface area contributed by atoms with Crippen LogP contribution in [0.4, 0.5) is 11.4 Å². The van der Waals surface area contributed by atoms with Crippen molar-refractivity contribution in [3.8, 4) is 5.75 Å². The number of carbonyl (C=O) groups is 2. The lowest BCUT2D eigenvalue weighted by Gasteiger charge is -2.15. The molecule has 0 heterocycles. The number of amides is 2. The fraction of sp³-hybridized carbons (Fsp3) is 0.467. The molecule has 3 N–H and O–H groups in total. The molecule has 0 saturated carbocycles. The molecule has 0 fully saturated rings. The highest BCUT2D eigenvalue weighted by molar-refractivity contribution is 5.96. The van der Waals surface area contributed by atoms with Gasteiger partial charge < -0.3 is 20.7 Å². The fourth-order valence-corrected chi connectivity index (χ4v) is 1.80. The molecule has 0 aliphatic carbocycles. The van der Waals surface area contributed by atoms with Crippen LogP contribution in [-0.4, -0.2) is 32.0 Å². The van der Waals surface area contributed by atoms with Crippen LogP contribution in [0.2, 0.25) is 0 Å². The summed E-state index contributed by atoms with van der Waals surface area (Å²) in [5, 5.41) is 8.64. The van der Waals surface area contributed by atoms with Crippen molar-refractivity contribution in [2.45, 2.75) is 20.8 Å². The molecule has 1 aromatic carbocycles. The van der Waals surface area contributed by atoms with Crippen LogP contribution in [0.5, 0.6) is 5.75 Å². The Hall–Kier alpha value is -2.08. The first-order chi connectivity index (χ1) is 9.97. The summed E-state index contributed by atoms with van der Waals surface area (Å²) in [4.78, 5) is 23.2. The lowest BCUT2D eigenvalue weighted by atomic mass is 10.1. The Bertz CT molecular complexity index is 503. The van der Waals surface area contributed by atoms with Crippen molar-refractivity contribution in [1.82, 2.24) is 5.32 Å². The molecule has 0 aromatic heterocycles. The van der Waals surface area contributed by atoms with Crippen molar-refractivity contribution in [2.24, 2.45) is 5.92 Å². The fourth-order valence-electron chi connectivity index (χ4n) is 1.80. The molecule has 2 amide bonds. The highest BCUT2D eigenvalue weighted by Crippen LogP contribution is 2.28. The van der Waals surface area contributed by atoms with E-state index in [-0.39, 0.29) is 17.7 Å². The quantitative estimate of drug-likeness (QED) is 0.716. The average Bonchev–Trinajstić information content (AvgIpc) is 2.44. The van der Waals surface area contributed by atoms with E-state index < -0.39 is 0 Å². The third-order valence-electron chi connectivity index (χ3n) is 2.93. The monoisotopic (exact) mass is 293 g/mol. The maximum absolute atomic E-state index is 12.1. The zero-order valence-corrected chi connectivity index (χ0v) is 12.9.